The van der Waals surface area contributed by atoms with E-state index in [9.17, 15) is 19.8 Å². The summed E-state index contributed by atoms with van der Waals surface area (Å²) in [5.41, 5.74) is 0. The van der Waals surface area contributed by atoms with E-state index in [0.717, 1.165) is 83.5 Å². The third-order valence-electron chi connectivity index (χ3n) is 12.4. The Kier molecular flexibility index (Phi) is 50.1. The first kappa shape index (κ1) is 60.1. The summed E-state index contributed by atoms with van der Waals surface area (Å²) in [6, 6.07) is -0.650. The Hall–Kier alpha value is -1.92. The monoisotopic (exact) mass is 872 g/mol. The Labute approximate surface area is 385 Å². The number of allylic oxidation sites excluding steroid dienone is 5. The van der Waals surface area contributed by atoms with Crippen LogP contribution in [0.15, 0.2) is 36.5 Å². The van der Waals surface area contributed by atoms with Crippen LogP contribution in [0.2, 0.25) is 0 Å². The van der Waals surface area contributed by atoms with Crippen molar-refractivity contribution in [2.45, 2.75) is 296 Å². The van der Waals surface area contributed by atoms with Crippen LogP contribution in [0.3, 0.4) is 0 Å². The first-order valence-electron chi connectivity index (χ1n) is 27.3. The molecule has 0 spiro atoms. The van der Waals surface area contributed by atoms with Crippen LogP contribution in [0.5, 0.6) is 0 Å². The van der Waals surface area contributed by atoms with Gasteiger partial charge in [0, 0.05) is 12.8 Å². The molecule has 0 aromatic heterocycles. The zero-order valence-electron chi connectivity index (χ0n) is 41.4. The number of ether oxygens (including phenoxy) is 1. The van der Waals surface area contributed by atoms with Gasteiger partial charge in [0.15, 0.2) is 0 Å². The number of amides is 1. The summed E-state index contributed by atoms with van der Waals surface area (Å²) in [5, 5.41) is 23.1. The first-order chi connectivity index (χ1) is 30.5. The molecule has 62 heavy (non-hydrogen) atoms. The Bertz CT molecular complexity index is 1010. The van der Waals surface area contributed by atoms with E-state index in [0.29, 0.717) is 19.4 Å². The summed E-state index contributed by atoms with van der Waals surface area (Å²) in [5.74, 6) is -0.137. The minimum atomic E-state index is -0.863. The smallest absolute Gasteiger partial charge is 0.305 e. The standard InChI is InChI=1S/C56H105NO5/c1-3-5-7-9-11-13-15-17-19-21-22-23-25-28-32-36-40-44-48-54(59)53(52-58)57-55(60)49-45-41-37-33-29-27-31-35-39-43-47-51-62-56(61)50-46-42-38-34-30-26-24-20-18-16-14-12-10-8-6-4-2/h20,24,31,35,44,48,53-54,58-59H,3-19,21-23,25-30,32-34,36-43,45-47,49-52H2,1-2H3,(H,57,60)/b24-20-,35-31-,48-44+. The Morgan fingerprint density at radius 1 is 0.435 bits per heavy atom. The second-order valence-corrected chi connectivity index (χ2v) is 18.5. The Morgan fingerprint density at radius 2 is 0.758 bits per heavy atom. The maximum absolute atomic E-state index is 12.4. The minimum Gasteiger partial charge on any atom is -0.466 e. The molecule has 6 nitrogen and oxygen atoms in total. The van der Waals surface area contributed by atoms with Crippen LogP contribution in [0.4, 0.5) is 0 Å². The molecule has 0 radical (unpaired) electrons. The van der Waals surface area contributed by atoms with Gasteiger partial charge < -0.3 is 20.3 Å². The average Bonchev–Trinajstić information content (AvgIpc) is 3.27. The number of unbranched alkanes of at least 4 members (excludes halogenated alkanes) is 35. The van der Waals surface area contributed by atoms with E-state index in [1.165, 1.54) is 173 Å². The predicted molar refractivity (Wildman–Crippen MR) is 269 cm³/mol. The number of nitrogens with one attached hydrogen (secondary N) is 1. The highest BCUT2D eigenvalue weighted by Crippen LogP contribution is 2.16. The number of esters is 1. The van der Waals surface area contributed by atoms with Gasteiger partial charge in [-0.3, -0.25) is 9.59 Å². The molecule has 0 heterocycles. The summed E-state index contributed by atoms with van der Waals surface area (Å²) in [7, 11) is 0. The van der Waals surface area contributed by atoms with Crippen LogP contribution in [0, 0.1) is 0 Å². The van der Waals surface area contributed by atoms with Crippen molar-refractivity contribution in [3.05, 3.63) is 36.5 Å². The molecule has 6 heteroatoms. The van der Waals surface area contributed by atoms with Gasteiger partial charge >= 0.3 is 5.97 Å². The van der Waals surface area contributed by atoms with E-state index in [-0.39, 0.29) is 18.5 Å². The topological polar surface area (TPSA) is 95.9 Å². The number of aliphatic hydroxyl groups excluding tert-OH is 2. The maximum Gasteiger partial charge on any atom is 0.305 e. The quantitative estimate of drug-likeness (QED) is 0.0321. The fourth-order valence-electron chi connectivity index (χ4n) is 8.15. The molecule has 2 unspecified atom stereocenters. The number of carbonyl (C=O) groups is 2. The molecule has 3 N–H and O–H groups in total. The molecule has 0 aromatic carbocycles. The second-order valence-electron chi connectivity index (χ2n) is 18.5. The number of hydrogen-bond donors (Lipinski definition) is 3. The number of rotatable bonds is 50. The SMILES string of the molecule is CCCCCCCCC/C=C\CCCCCCCC(=O)OCCCC/C=C\CCCCCCCC(=O)NC(CO)C(O)/C=C/CCCCCCCCCCCCCCCCCC. The summed E-state index contributed by atoms with van der Waals surface area (Å²) in [4.78, 5) is 24.5. The van der Waals surface area contributed by atoms with E-state index < -0.39 is 12.1 Å². The van der Waals surface area contributed by atoms with Crippen molar-refractivity contribution < 1.29 is 24.5 Å². The van der Waals surface area contributed by atoms with Gasteiger partial charge in [-0.25, -0.2) is 0 Å². The molecule has 1 amide bonds. The molecule has 0 aliphatic carbocycles. The lowest BCUT2D eigenvalue weighted by Gasteiger charge is -2.20. The minimum absolute atomic E-state index is 0.0405. The van der Waals surface area contributed by atoms with Gasteiger partial charge in [-0.05, 0) is 83.5 Å². The van der Waals surface area contributed by atoms with Gasteiger partial charge in [0.05, 0.1) is 25.4 Å². The zero-order valence-corrected chi connectivity index (χ0v) is 41.4. The average molecular weight is 872 g/mol. The predicted octanol–water partition coefficient (Wildman–Crippen LogP) is 16.5. The fourth-order valence-corrected chi connectivity index (χ4v) is 8.15. The lowest BCUT2D eigenvalue weighted by molar-refractivity contribution is -0.143. The number of carbonyl (C=O) groups excluding carboxylic acids is 2. The number of hydrogen-bond acceptors (Lipinski definition) is 5. The fraction of sp³-hybridized carbons (Fsp3) is 0.857. The molecule has 0 aliphatic heterocycles. The molecule has 2 atom stereocenters. The molecule has 0 saturated heterocycles. The lowest BCUT2D eigenvalue weighted by Crippen LogP contribution is -2.45. The first-order valence-corrected chi connectivity index (χ1v) is 27.3. The third kappa shape index (κ3) is 47.6. The van der Waals surface area contributed by atoms with Gasteiger partial charge in [0.25, 0.3) is 0 Å². The summed E-state index contributed by atoms with van der Waals surface area (Å²) < 4.78 is 5.44. The van der Waals surface area contributed by atoms with Crippen LogP contribution in [-0.4, -0.2) is 47.4 Å². The number of aliphatic hydroxyl groups is 2. The normalized spacial score (nSPS) is 12.9. The van der Waals surface area contributed by atoms with E-state index >= 15 is 0 Å². The molecule has 0 rings (SSSR count). The molecular formula is C56H105NO5. The van der Waals surface area contributed by atoms with Gasteiger partial charge in [-0.1, -0.05) is 224 Å². The summed E-state index contributed by atoms with van der Waals surface area (Å²) in [6.07, 6.45) is 63.0. The molecule has 364 valence electrons. The van der Waals surface area contributed by atoms with Gasteiger partial charge in [0.2, 0.25) is 5.91 Å². The van der Waals surface area contributed by atoms with Crippen molar-refractivity contribution in [3.63, 3.8) is 0 Å². The molecule has 0 fully saturated rings. The highest BCUT2D eigenvalue weighted by atomic mass is 16.5. The highest BCUT2D eigenvalue weighted by molar-refractivity contribution is 5.76. The lowest BCUT2D eigenvalue weighted by atomic mass is 10.0. The van der Waals surface area contributed by atoms with Crippen LogP contribution in [-0.2, 0) is 14.3 Å². The summed E-state index contributed by atoms with van der Waals surface area (Å²) >= 11 is 0. The summed E-state index contributed by atoms with van der Waals surface area (Å²) in [6.45, 7) is 4.82. The Morgan fingerprint density at radius 3 is 1.15 bits per heavy atom. The Balaban J connectivity index is 3.55. The van der Waals surface area contributed by atoms with Crippen molar-refractivity contribution in [2.75, 3.05) is 13.2 Å². The van der Waals surface area contributed by atoms with Crippen molar-refractivity contribution in [3.8, 4) is 0 Å². The maximum atomic E-state index is 12.4. The van der Waals surface area contributed by atoms with E-state index in [2.05, 4.69) is 43.5 Å². The van der Waals surface area contributed by atoms with Gasteiger partial charge in [-0.2, -0.15) is 0 Å². The van der Waals surface area contributed by atoms with Crippen molar-refractivity contribution in [2.24, 2.45) is 0 Å². The largest absolute Gasteiger partial charge is 0.466 e. The molecule has 0 bridgehead atoms. The van der Waals surface area contributed by atoms with Crippen LogP contribution in [0.25, 0.3) is 0 Å². The highest BCUT2D eigenvalue weighted by Gasteiger charge is 2.18. The molecule has 0 aliphatic rings. The van der Waals surface area contributed by atoms with Crippen LogP contribution in [0.1, 0.15) is 284 Å². The van der Waals surface area contributed by atoms with E-state index in [4.69, 9.17) is 4.74 Å². The van der Waals surface area contributed by atoms with Crippen LogP contribution < -0.4 is 5.32 Å². The molecule has 0 aromatic rings. The molecule has 0 saturated carbocycles. The zero-order chi connectivity index (χ0) is 45.1. The van der Waals surface area contributed by atoms with Gasteiger partial charge in [0.1, 0.15) is 0 Å². The van der Waals surface area contributed by atoms with Crippen molar-refractivity contribution >= 4 is 11.9 Å². The molecular weight excluding hydrogens is 767 g/mol. The van der Waals surface area contributed by atoms with Crippen molar-refractivity contribution in [1.82, 2.24) is 5.32 Å². The van der Waals surface area contributed by atoms with E-state index in [1.807, 2.05) is 6.08 Å². The van der Waals surface area contributed by atoms with E-state index in [1.54, 1.807) is 6.08 Å². The van der Waals surface area contributed by atoms with Crippen LogP contribution >= 0.6 is 0 Å². The third-order valence-corrected chi connectivity index (χ3v) is 12.4. The second kappa shape index (κ2) is 51.7. The van der Waals surface area contributed by atoms with Crippen molar-refractivity contribution in [1.29, 1.82) is 0 Å². The van der Waals surface area contributed by atoms with Gasteiger partial charge in [-0.15, -0.1) is 0 Å².